The molecule has 0 fully saturated rings. The lowest BCUT2D eigenvalue weighted by molar-refractivity contribution is 0.102. The number of aromatic nitrogens is 1. The number of hydrogen-bond donors (Lipinski definition) is 2. The number of carbonyl (C=O) groups is 1. The Morgan fingerprint density at radius 2 is 2.28 bits per heavy atom. The van der Waals surface area contributed by atoms with Crippen molar-refractivity contribution in [2.45, 2.75) is 6.92 Å². The third-order valence-corrected chi connectivity index (χ3v) is 4.31. The molecule has 0 aliphatic carbocycles. The van der Waals surface area contributed by atoms with E-state index in [0.717, 1.165) is 9.26 Å². The number of hydrogen-bond acceptors (Lipinski definition) is 4. The number of amides is 1. The molecule has 0 aliphatic heterocycles. The van der Waals surface area contributed by atoms with Gasteiger partial charge in [-0.15, -0.1) is 0 Å². The second kappa shape index (κ2) is 5.41. The van der Waals surface area contributed by atoms with Crippen molar-refractivity contribution in [2.24, 2.45) is 0 Å². The van der Waals surface area contributed by atoms with Crippen LogP contribution in [0, 0.1) is 10.5 Å². The third kappa shape index (κ3) is 2.93. The standard InChI is InChI=1S/C11H9ClIN3OS/c1-5-9(18-11(14)15-5)10(17)16-8-3-2-6(12)4-7(8)13/h2-4H,1H3,(H2,14,15)(H,16,17). The number of nitrogens with two attached hydrogens (primary N) is 1. The predicted molar refractivity (Wildman–Crippen MR) is 83.4 cm³/mol. The maximum absolute atomic E-state index is 12.1. The number of benzene rings is 1. The Hall–Kier alpha value is -0.860. The van der Waals surface area contributed by atoms with Gasteiger partial charge in [-0.2, -0.15) is 0 Å². The first-order chi connectivity index (χ1) is 8.47. The summed E-state index contributed by atoms with van der Waals surface area (Å²) in [6.07, 6.45) is 0. The smallest absolute Gasteiger partial charge is 0.267 e. The van der Waals surface area contributed by atoms with Crippen molar-refractivity contribution >= 4 is 62.3 Å². The second-order valence-electron chi connectivity index (χ2n) is 3.54. The van der Waals surface area contributed by atoms with E-state index in [1.807, 2.05) is 0 Å². The largest absolute Gasteiger partial charge is 0.375 e. The Bertz CT molecular complexity index is 614. The number of nitrogens with one attached hydrogen (secondary N) is 1. The lowest BCUT2D eigenvalue weighted by Crippen LogP contribution is -2.12. The average molecular weight is 394 g/mol. The van der Waals surface area contributed by atoms with Crippen LogP contribution in [0.25, 0.3) is 0 Å². The van der Waals surface area contributed by atoms with Gasteiger partial charge < -0.3 is 11.1 Å². The molecule has 2 aromatic rings. The van der Waals surface area contributed by atoms with Gasteiger partial charge in [-0.1, -0.05) is 22.9 Å². The predicted octanol–water partition coefficient (Wildman–Crippen LogP) is 3.54. The molecule has 1 aromatic carbocycles. The highest BCUT2D eigenvalue weighted by molar-refractivity contribution is 14.1. The van der Waals surface area contributed by atoms with E-state index in [9.17, 15) is 4.79 Å². The minimum absolute atomic E-state index is 0.207. The number of nitrogen functional groups attached to an aromatic ring is 1. The topological polar surface area (TPSA) is 68.0 Å². The zero-order valence-electron chi connectivity index (χ0n) is 9.33. The Morgan fingerprint density at radius 1 is 1.56 bits per heavy atom. The van der Waals surface area contributed by atoms with Gasteiger partial charge in [0.2, 0.25) is 0 Å². The van der Waals surface area contributed by atoms with Crippen LogP contribution < -0.4 is 11.1 Å². The van der Waals surface area contributed by atoms with E-state index in [-0.39, 0.29) is 5.91 Å². The van der Waals surface area contributed by atoms with Crippen molar-refractivity contribution in [1.82, 2.24) is 4.98 Å². The van der Waals surface area contributed by atoms with E-state index in [1.54, 1.807) is 25.1 Å². The highest BCUT2D eigenvalue weighted by Crippen LogP contribution is 2.25. The number of halogens is 2. The summed E-state index contributed by atoms with van der Waals surface area (Å²) in [4.78, 5) is 16.6. The summed E-state index contributed by atoms with van der Waals surface area (Å²) in [7, 11) is 0. The van der Waals surface area contributed by atoms with Gasteiger partial charge in [0.1, 0.15) is 4.88 Å². The van der Waals surface area contributed by atoms with Crippen LogP contribution in [0.4, 0.5) is 10.8 Å². The molecule has 1 amide bonds. The summed E-state index contributed by atoms with van der Waals surface area (Å²) in [6, 6.07) is 5.28. The van der Waals surface area contributed by atoms with Gasteiger partial charge in [0.25, 0.3) is 5.91 Å². The van der Waals surface area contributed by atoms with Crippen molar-refractivity contribution in [2.75, 3.05) is 11.1 Å². The van der Waals surface area contributed by atoms with Crippen LogP contribution in [0.3, 0.4) is 0 Å². The van der Waals surface area contributed by atoms with Crippen LogP contribution in [0.5, 0.6) is 0 Å². The Morgan fingerprint density at radius 3 is 2.83 bits per heavy atom. The van der Waals surface area contributed by atoms with Crippen LogP contribution in [-0.2, 0) is 0 Å². The minimum Gasteiger partial charge on any atom is -0.375 e. The molecule has 18 heavy (non-hydrogen) atoms. The quantitative estimate of drug-likeness (QED) is 0.767. The van der Waals surface area contributed by atoms with E-state index in [0.29, 0.717) is 20.7 Å². The number of aryl methyl sites for hydroxylation is 1. The van der Waals surface area contributed by atoms with Gasteiger partial charge in [0.05, 0.1) is 11.4 Å². The maximum Gasteiger partial charge on any atom is 0.267 e. The fraction of sp³-hybridized carbons (Fsp3) is 0.0909. The molecule has 7 heteroatoms. The van der Waals surface area contributed by atoms with Crippen molar-refractivity contribution in [3.8, 4) is 0 Å². The van der Waals surface area contributed by atoms with Gasteiger partial charge in [-0.3, -0.25) is 4.79 Å². The molecule has 0 aliphatic rings. The van der Waals surface area contributed by atoms with E-state index in [4.69, 9.17) is 17.3 Å². The molecule has 0 saturated carbocycles. The van der Waals surface area contributed by atoms with E-state index >= 15 is 0 Å². The number of anilines is 2. The Labute approximate surface area is 127 Å². The maximum atomic E-state index is 12.1. The summed E-state index contributed by atoms with van der Waals surface area (Å²) in [5.74, 6) is -0.207. The van der Waals surface area contributed by atoms with Crippen molar-refractivity contribution in [3.63, 3.8) is 0 Å². The van der Waals surface area contributed by atoms with E-state index < -0.39 is 0 Å². The van der Waals surface area contributed by atoms with Crippen molar-refractivity contribution < 1.29 is 4.79 Å². The molecule has 0 unspecified atom stereocenters. The van der Waals surface area contributed by atoms with Gasteiger partial charge in [0, 0.05) is 8.59 Å². The van der Waals surface area contributed by atoms with Gasteiger partial charge in [0.15, 0.2) is 5.13 Å². The van der Waals surface area contributed by atoms with Crippen molar-refractivity contribution in [1.29, 1.82) is 0 Å². The van der Waals surface area contributed by atoms with Gasteiger partial charge in [-0.05, 0) is 47.7 Å². The fourth-order valence-electron chi connectivity index (χ4n) is 1.40. The van der Waals surface area contributed by atoms with Crippen LogP contribution >= 0.6 is 45.5 Å². The van der Waals surface area contributed by atoms with Gasteiger partial charge >= 0.3 is 0 Å². The van der Waals surface area contributed by atoms with Crippen LogP contribution in [-0.4, -0.2) is 10.9 Å². The summed E-state index contributed by atoms with van der Waals surface area (Å²) in [5, 5.41) is 3.84. The Kier molecular flexibility index (Phi) is 4.08. The molecule has 0 spiro atoms. The number of nitrogens with zero attached hydrogens (tertiary/aromatic N) is 1. The monoisotopic (exact) mass is 393 g/mol. The molecule has 3 N–H and O–H groups in total. The molecule has 4 nitrogen and oxygen atoms in total. The number of carbonyl (C=O) groups excluding carboxylic acids is 1. The van der Waals surface area contributed by atoms with E-state index in [2.05, 4.69) is 32.9 Å². The zero-order valence-corrected chi connectivity index (χ0v) is 13.1. The van der Waals surface area contributed by atoms with Crippen molar-refractivity contribution in [3.05, 3.63) is 37.4 Å². The summed E-state index contributed by atoms with van der Waals surface area (Å²) >= 11 is 9.15. The first kappa shape index (κ1) is 13.6. The number of rotatable bonds is 2. The lowest BCUT2D eigenvalue weighted by atomic mass is 10.3. The van der Waals surface area contributed by atoms with Crippen LogP contribution in [0.2, 0.25) is 5.02 Å². The molecule has 0 saturated heterocycles. The molecule has 2 rings (SSSR count). The SMILES string of the molecule is Cc1nc(N)sc1C(=O)Nc1ccc(Cl)cc1I. The second-order valence-corrected chi connectivity index (χ2v) is 6.17. The molecule has 1 aromatic heterocycles. The fourth-order valence-corrected chi connectivity index (χ4v) is 3.13. The molecular formula is C11H9ClIN3OS. The zero-order chi connectivity index (χ0) is 13.3. The Balaban J connectivity index is 2.24. The minimum atomic E-state index is -0.207. The third-order valence-electron chi connectivity index (χ3n) is 2.20. The van der Waals surface area contributed by atoms with Crippen LogP contribution in [0.15, 0.2) is 18.2 Å². The summed E-state index contributed by atoms with van der Waals surface area (Å²) in [5.41, 5.74) is 6.93. The molecule has 94 valence electrons. The molecule has 1 heterocycles. The first-order valence-corrected chi connectivity index (χ1v) is 7.24. The molecular weight excluding hydrogens is 385 g/mol. The van der Waals surface area contributed by atoms with Gasteiger partial charge in [-0.25, -0.2) is 4.98 Å². The molecule has 0 atom stereocenters. The molecule has 0 radical (unpaired) electrons. The average Bonchev–Trinajstić information content (AvgIpc) is 2.62. The number of thiazole rings is 1. The summed E-state index contributed by atoms with van der Waals surface area (Å²) < 4.78 is 0.878. The highest BCUT2D eigenvalue weighted by atomic mass is 127. The lowest BCUT2D eigenvalue weighted by Gasteiger charge is -2.06. The highest BCUT2D eigenvalue weighted by Gasteiger charge is 2.15. The molecule has 0 bridgehead atoms. The first-order valence-electron chi connectivity index (χ1n) is 4.96. The van der Waals surface area contributed by atoms with Crippen LogP contribution in [0.1, 0.15) is 15.4 Å². The summed E-state index contributed by atoms with van der Waals surface area (Å²) in [6.45, 7) is 1.76. The normalized spacial score (nSPS) is 10.4. The van der Waals surface area contributed by atoms with E-state index in [1.165, 1.54) is 11.3 Å².